The molecule has 63 heavy (non-hydrogen) atoms. The molecule has 0 saturated heterocycles. The van der Waals surface area contributed by atoms with Gasteiger partial charge in [-0.3, -0.25) is 33.4 Å². The first kappa shape index (κ1) is 61.4. The summed E-state index contributed by atoms with van der Waals surface area (Å²) in [4.78, 5) is 74.1. The van der Waals surface area contributed by atoms with Gasteiger partial charge in [-0.05, 0) is 12.8 Å². The second-order valence-electron chi connectivity index (χ2n) is 17.0. The minimum absolute atomic E-state index is 0. The largest absolute Gasteiger partial charge is 1.00 e. The second-order valence-corrected chi connectivity index (χ2v) is 18.4. The van der Waals surface area contributed by atoms with Crippen LogP contribution in [0, 0.1) is 0 Å². The molecule has 0 aliphatic carbocycles. The molecule has 1 aliphatic rings. The average molecular weight is 921 g/mol. The van der Waals surface area contributed by atoms with Crippen LogP contribution >= 0.6 is 7.82 Å². The molecule has 1 aliphatic heterocycles. The minimum Gasteiger partial charge on any atom is -0.756 e. The van der Waals surface area contributed by atoms with Crippen LogP contribution in [-0.4, -0.2) is 73.6 Å². The quantitative estimate of drug-likeness (QED) is 0.0207. The maximum absolute atomic E-state index is 12.8. The van der Waals surface area contributed by atoms with Gasteiger partial charge in [-0.15, -0.1) is 0 Å². The normalized spacial score (nSPS) is 13.8. The maximum atomic E-state index is 12.8. The zero-order valence-corrected chi connectivity index (χ0v) is 42.9. The number of nitrogens with one attached hydrogen (secondary N) is 1. The molecule has 2 atom stereocenters. The second kappa shape index (κ2) is 43.0. The predicted octanol–water partition coefficient (Wildman–Crippen LogP) is 7.90. The molecule has 1 rings (SSSR count). The Hall–Kier alpha value is -1.60. The summed E-state index contributed by atoms with van der Waals surface area (Å²) in [6, 6.07) is 0. The molecule has 0 radical (unpaired) electrons. The molecule has 0 spiro atoms. The Kier molecular flexibility index (Phi) is 41.9. The molecule has 0 saturated carbocycles. The molecule has 360 valence electrons. The van der Waals surface area contributed by atoms with Crippen LogP contribution in [0.25, 0.3) is 0 Å². The van der Waals surface area contributed by atoms with E-state index in [4.69, 9.17) is 18.5 Å². The van der Waals surface area contributed by atoms with E-state index in [1.54, 1.807) is 0 Å². The Morgan fingerprint density at radius 1 is 0.571 bits per heavy atom. The van der Waals surface area contributed by atoms with Gasteiger partial charge in [0.2, 0.25) is 5.91 Å². The summed E-state index contributed by atoms with van der Waals surface area (Å²) >= 11 is 0. The van der Waals surface area contributed by atoms with Gasteiger partial charge in [0.25, 0.3) is 19.6 Å². The van der Waals surface area contributed by atoms with Gasteiger partial charge in [-0.1, -0.05) is 194 Å². The van der Waals surface area contributed by atoms with Crippen LogP contribution in [-0.2, 0) is 47.1 Å². The number of carbonyl (C=O) groups excluding carboxylic acids is 5. The van der Waals surface area contributed by atoms with Crippen molar-refractivity contribution in [2.24, 2.45) is 0 Å². The van der Waals surface area contributed by atoms with E-state index in [9.17, 15) is 33.4 Å². The molecule has 0 aromatic heterocycles. The van der Waals surface area contributed by atoms with Gasteiger partial charge in [0.05, 0.1) is 13.2 Å². The smallest absolute Gasteiger partial charge is 0.756 e. The van der Waals surface area contributed by atoms with Gasteiger partial charge in [0.1, 0.15) is 6.61 Å². The number of phosphoric acid groups is 1. The topological polar surface area (TPSA) is 178 Å². The van der Waals surface area contributed by atoms with Crippen molar-refractivity contribution in [2.45, 2.75) is 232 Å². The van der Waals surface area contributed by atoms with Gasteiger partial charge in [-0.2, -0.15) is 0 Å². The van der Waals surface area contributed by atoms with Gasteiger partial charge < -0.3 is 28.7 Å². The summed E-state index contributed by atoms with van der Waals surface area (Å²) in [5.41, 5.74) is 0. The Labute approximate surface area is 404 Å². The fourth-order valence-corrected chi connectivity index (χ4v) is 8.15. The number of hydrogen-bond acceptors (Lipinski definition) is 11. The first-order valence-electron chi connectivity index (χ1n) is 24.8. The fourth-order valence-electron chi connectivity index (χ4n) is 7.41. The van der Waals surface area contributed by atoms with Crippen molar-refractivity contribution in [3.8, 4) is 0 Å². The van der Waals surface area contributed by atoms with E-state index in [2.05, 4.69) is 19.2 Å². The van der Waals surface area contributed by atoms with Crippen molar-refractivity contribution >= 4 is 37.5 Å². The summed E-state index contributed by atoms with van der Waals surface area (Å²) < 4.78 is 33.3. The van der Waals surface area contributed by atoms with Crippen LogP contribution in [0.3, 0.4) is 0 Å². The average Bonchev–Trinajstić information content (AvgIpc) is 3.57. The van der Waals surface area contributed by atoms with Crippen LogP contribution in [0.15, 0.2) is 12.2 Å². The molecule has 13 nitrogen and oxygen atoms in total. The summed E-state index contributed by atoms with van der Waals surface area (Å²) in [5, 5.41) is 2.46. The molecule has 3 amide bonds. The monoisotopic (exact) mass is 921 g/mol. The Bertz CT molecular complexity index is 1250. The van der Waals surface area contributed by atoms with Crippen molar-refractivity contribution in [3.05, 3.63) is 12.2 Å². The fraction of sp³-hybridized carbons (Fsp3) is 0.854. The molecular weight excluding hydrogens is 834 g/mol. The molecular formula is C48H86N2NaO11P. The van der Waals surface area contributed by atoms with Crippen LogP contribution in [0.1, 0.15) is 226 Å². The maximum Gasteiger partial charge on any atom is 1.00 e. The van der Waals surface area contributed by atoms with E-state index in [1.807, 2.05) is 0 Å². The van der Waals surface area contributed by atoms with Gasteiger partial charge in [-0.25, -0.2) is 0 Å². The molecule has 2 unspecified atom stereocenters. The van der Waals surface area contributed by atoms with Crippen molar-refractivity contribution in [2.75, 3.05) is 32.9 Å². The van der Waals surface area contributed by atoms with Crippen LogP contribution < -0.4 is 39.8 Å². The van der Waals surface area contributed by atoms with Crippen LogP contribution in [0.4, 0.5) is 0 Å². The summed E-state index contributed by atoms with van der Waals surface area (Å²) in [7, 11) is -4.88. The number of rotatable bonds is 45. The number of unbranched alkanes of at least 4 members (excludes halogenated alkanes) is 28. The van der Waals surface area contributed by atoms with Gasteiger partial charge in [0.15, 0.2) is 6.10 Å². The minimum atomic E-state index is -4.88. The zero-order valence-electron chi connectivity index (χ0n) is 40.0. The van der Waals surface area contributed by atoms with E-state index >= 15 is 0 Å². The van der Waals surface area contributed by atoms with E-state index in [-0.39, 0.29) is 68.5 Å². The van der Waals surface area contributed by atoms with Gasteiger partial charge >= 0.3 is 41.5 Å². The third-order valence-corrected chi connectivity index (χ3v) is 12.2. The molecule has 1 N–H and O–H groups in total. The van der Waals surface area contributed by atoms with E-state index in [0.29, 0.717) is 12.8 Å². The zero-order chi connectivity index (χ0) is 45.4. The summed E-state index contributed by atoms with van der Waals surface area (Å²) in [6.45, 7) is 2.82. The third-order valence-electron chi connectivity index (χ3n) is 11.3. The van der Waals surface area contributed by atoms with E-state index < -0.39 is 56.8 Å². The Balaban J connectivity index is 0.0000384. The van der Waals surface area contributed by atoms with E-state index in [1.165, 1.54) is 141 Å². The first-order chi connectivity index (χ1) is 30.1. The molecule has 0 aromatic carbocycles. The SMILES string of the molecule is CCCCCCCCCCCCCCCCCC(=O)OCC(COP(=O)([O-])OCCNC(=O)CCN1C(=O)C=CC1=O)OC(=O)CCCCCCCCCCCCCCCCC.[Na+]. The van der Waals surface area contributed by atoms with Crippen LogP contribution in [0.2, 0.25) is 0 Å². The number of nitrogens with zero attached hydrogens (tertiary/aromatic N) is 1. The number of phosphoric ester groups is 1. The number of hydrogen-bond donors (Lipinski definition) is 1. The molecule has 0 bridgehead atoms. The molecule has 15 heteroatoms. The molecule has 0 fully saturated rings. The molecule has 0 aromatic rings. The Morgan fingerprint density at radius 3 is 1.37 bits per heavy atom. The summed E-state index contributed by atoms with van der Waals surface area (Å²) in [5.74, 6) is -2.48. The third kappa shape index (κ3) is 38.2. The number of amides is 3. The van der Waals surface area contributed by atoms with Crippen molar-refractivity contribution in [1.82, 2.24) is 10.2 Å². The van der Waals surface area contributed by atoms with Crippen LogP contribution in [0.5, 0.6) is 0 Å². The Morgan fingerprint density at radius 2 is 0.952 bits per heavy atom. The van der Waals surface area contributed by atoms with Gasteiger partial charge in [0, 0.05) is 44.5 Å². The van der Waals surface area contributed by atoms with E-state index in [0.717, 1.165) is 55.6 Å². The predicted molar refractivity (Wildman–Crippen MR) is 243 cm³/mol. The van der Waals surface area contributed by atoms with Crippen molar-refractivity contribution < 1.29 is 81.5 Å². The first-order valence-corrected chi connectivity index (χ1v) is 26.3. The standard InChI is InChI=1S/C48H87N2O11P.Na/c1-3-5-7-9-11-13-15-17-19-21-23-25-27-29-31-33-47(54)58-41-43(61-48(55)34-32-30-28-26-24-22-20-18-16-14-12-10-8-6-4-2)42-60-62(56,57)59-40-38-49-44(51)37-39-50-45(52)35-36-46(50)53;/h35-36,43H,3-34,37-42H2,1-2H3,(H,49,51)(H,56,57);/q;+1/p-1. The number of esters is 2. The van der Waals surface area contributed by atoms with Crippen molar-refractivity contribution in [3.63, 3.8) is 0 Å². The summed E-state index contributed by atoms with van der Waals surface area (Å²) in [6.07, 6.45) is 37.7. The molecule has 1 heterocycles. The number of ether oxygens (including phenoxy) is 2. The van der Waals surface area contributed by atoms with Crippen molar-refractivity contribution in [1.29, 1.82) is 0 Å². The number of carbonyl (C=O) groups is 5. The number of imide groups is 1.